The van der Waals surface area contributed by atoms with Gasteiger partial charge in [0.1, 0.15) is 40.7 Å². The van der Waals surface area contributed by atoms with E-state index in [0.29, 0.717) is 22.9 Å². The molecule has 0 atom stereocenters. The topological polar surface area (TPSA) is 69.3 Å². The summed E-state index contributed by atoms with van der Waals surface area (Å²) in [7, 11) is 0. The van der Waals surface area contributed by atoms with Crippen LogP contribution in [-0.4, -0.2) is 0 Å². The summed E-state index contributed by atoms with van der Waals surface area (Å²) in [5, 5.41) is 18.6. The molecule has 0 aromatic heterocycles. The first-order valence-electron chi connectivity index (χ1n) is 12.2. The SMILES string of the molecule is CC1=CC(=C(C#N)C#N)C=C(/C=C2\C=C(C)c3ccc(N(c4ccccc4)c4cccc(C)c4)cc3O2)O1. The van der Waals surface area contributed by atoms with E-state index in [1.807, 2.05) is 49.4 Å². The highest BCUT2D eigenvalue weighted by Crippen LogP contribution is 2.41. The van der Waals surface area contributed by atoms with Crippen LogP contribution in [-0.2, 0) is 4.74 Å². The van der Waals surface area contributed by atoms with Crippen molar-refractivity contribution < 1.29 is 9.47 Å². The predicted molar refractivity (Wildman–Crippen MR) is 149 cm³/mol. The number of para-hydroxylation sites is 1. The molecule has 0 fully saturated rings. The van der Waals surface area contributed by atoms with Crippen LogP contribution >= 0.6 is 0 Å². The molecule has 0 saturated heterocycles. The number of nitrogens with zero attached hydrogens (tertiary/aromatic N) is 3. The summed E-state index contributed by atoms with van der Waals surface area (Å²) in [6.45, 7) is 5.91. The van der Waals surface area contributed by atoms with Crippen molar-refractivity contribution in [2.75, 3.05) is 4.90 Å². The van der Waals surface area contributed by atoms with Crippen molar-refractivity contribution in [2.24, 2.45) is 0 Å². The van der Waals surface area contributed by atoms with E-state index in [9.17, 15) is 10.5 Å². The van der Waals surface area contributed by atoms with E-state index in [4.69, 9.17) is 9.47 Å². The maximum atomic E-state index is 9.28. The normalized spacial score (nSPS) is 15.0. The van der Waals surface area contributed by atoms with Gasteiger partial charge in [-0.15, -0.1) is 0 Å². The molecule has 5 rings (SSSR count). The molecule has 0 unspecified atom stereocenters. The maximum Gasteiger partial charge on any atom is 0.137 e. The Kier molecular flexibility index (Phi) is 6.68. The molecule has 184 valence electrons. The van der Waals surface area contributed by atoms with E-state index in [-0.39, 0.29) is 5.57 Å². The van der Waals surface area contributed by atoms with Crippen LogP contribution in [0.5, 0.6) is 5.75 Å². The summed E-state index contributed by atoms with van der Waals surface area (Å²) in [5.74, 6) is 2.42. The number of anilines is 3. The van der Waals surface area contributed by atoms with Gasteiger partial charge in [0.2, 0.25) is 0 Å². The minimum atomic E-state index is 0.0342. The number of fused-ring (bicyclic) bond motifs is 1. The molecule has 0 bridgehead atoms. The van der Waals surface area contributed by atoms with Gasteiger partial charge in [0.25, 0.3) is 0 Å². The van der Waals surface area contributed by atoms with Crippen LogP contribution in [0.25, 0.3) is 5.57 Å². The van der Waals surface area contributed by atoms with Crippen molar-refractivity contribution in [1.29, 1.82) is 10.5 Å². The van der Waals surface area contributed by atoms with Gasteiger partial charge in [-0.05, 0) is 86.5 Å². The van der Waals surface area contributed by atoms with Gasteiger partial charge in [0.05, 0.1) is 0 Å². The molecule has 0 N–H and O–H groups in total. The molecule has 0 aliphatic carbocycles. The summed E-state index contributed by atoms with van der Waals surface area (Å²) in [6.07, 6.45) is 7.08. The molecule has 0 radical (unpaired) electrons. The van der Waals surface area contributed by atoms with Gasteiger partial charge in [-0.1, -0.05) is 30.3 Å². The van der Waals surface area contributed by atoms with Gasteiger partial charge >= 0.3 is 0 Å². The number of hydrogen-bond acceptors (Lipinski definition) is 5. The maximum absolute atomic E-state index is 9.28. The van der Waals surface area contributed by atoms with Crippen molar-refractivity contribution in [3.8, 4) is 17.9 Å². The van der Waals surface area contributed by atoms with Crippen LogP contribution in [0.4, 0.5) is 17.1 Å². The lowest BCUT2D eigenvalue weighted by Gasteiger charge is -2.27. The molecule has 5 nitrogen and oxygen atoms in total. The highest BCUT2D eigenvalue weighted by molar-refractivity contribution is 5.81. The van der Waals surface area contributed by atoms with Crippen LogP contribution in [0, 0.1) is 29.6 Å². The Morgan fingerprint density at radius 2 is 1.50 bits per heavy atom. The summed E-state index contributed by atoms with van der Waals surface area (Å²) >= 11 is 0. The second kappa shape index (κ2) is 10.4. The van der Waals surface area contributed by atoms with E-state index in [2.05, 4.69) is 60.4 Å². The first kappa shape index (κ1) is 24.4. The third-order valence-corrected chi connectivity index (χ3v) is 6.24. The van der Waals surface area contributed by atoms with E-state index >= 15 is 0 Å². The van der Waals surface area contributed by atoms with Gasteiger partial charge in [-0.3, -0.25) is 0 Å². The van der Waals surface area contributed by atoms with E-state index in [1.54, 1.807) is 25.2 Å². The van der Waals surface area contributed by atoms with Crippen LogP contribution < -0.4 is 9.64 Å². The summed E-state index contributed by atoms with van der Waals surface area (Å²) in [6, 6.07) is 28.8. The Morgan fingerprint density at radius 3 is 2.24 bits per heavy atom. The van der Waals surface area contributed by atoms with E-state index in [0.717, 1.165) is 33.9 Å². The highest BCUT2D eigenvalue weighted by Gasteiger charge is 2.20. The minimum absolute atomic E-state index is 0.0342. The average molecular weight is 496 g/mol. The standard InChI is InChI=1S/C33H25N3O2/c1-22-8-7-11-28(14-22)36(27-9-5-4-6-10-27)29-12-13-32-23(2)15-30(38-33(32)18-29)19-31-17-25(16-24(3)37-31)26(20-34)21-35/h4-19H,1-3H3/b30-19+. The second-order valence-corrected chi connectivity index (χ2v) is 9.12. The fourth-order valence-corrected chi connectivity index (χ4v) is 4.54. The molecule has 2 aliphatic rings. The third kappa shape index (κ3) is 5.00. The molecule has 0 spiro atoms. The lowest BCUT2D eigenvalue weighted by molar-refractivity contribution is 0.313. The Balaban J connectivity index is 1.54. The zero-order valence-corrected chi connectivity index (χ0v) is 21.4. The lowest BCUT2D eigenvalue weighted by Crippen LogP contribution is -2.11. The number of aryl methyl sites for hydroxylation is 1. The number of allylic oxidation sites excluding steroid dienone is 8. The summed E-state index contributed by atoms with van der Waals surface area (Å²) in [4.78, 5) is 2.21. The first-order valence-corrected chi connectivity index (χ1v) is 12.2. The molecule has 3 aromatic rings. The second-order valence-electron chi connectivity index (χ2n) is 9.12. The monoisotopic (exact) mass is 495 g/mol. The number of rotatable bonds is 4. The Morgan fingerprint density at radius 1 is 0.763 bits per heavy atom. The largest absolute Gasteiger partial charge is 0.462 e. The smallest absolute Gasteiger partial charge is 0.137 e. The summed E-state index contributed by atoms with van der Waals surface area (Å²) < 4.78 is 12.2. The quantitative estimate of drug-likeness (QED) is 0.341. The molecular formula is C33H25N3O2. The fourth-order valence-electron chi connectivity index (χ4n) is 4.54. The first-order chi connectivity index (χ1) is 18.4. The van der Waals surface area contributed by atoms with Crippen LogP contribution in [0.3, 0.4) is 0 Å². The van der Waals surface area contributed by atoms with E-state index < -0.39 is 0 Å². The predicted octanol–water partition coefficient (Wildman–Crippen LogP) is 8.31. The molecular weight excluding hydrogens is 470 g/mol. The Labute approximate surface area is 222 Å². The number of benzene rings is 3. The molecule has 0 amide bonds. The average Bonchev–Trinajstić information content (AvgIpc) is 2.90. The van der Waals surface area contributed by atoms with Gasteiger partial charge in [0, 0.05) is 40.3 Å². The molecule has 38 heavy (non-hydrogen) atoms. The van der Waals surface area contributed by atoms with Gasteiger partial charge in [-0.2, -0.15) is 10.5 Å². The zero-order chi connectivity index (χ0) is 26.6. The van der Waals surface area contributed by atoms with Gasteiger partial charge < -0.3 is 14.4 Å². The minimum Gasteiger partial charge on any atom is -0.462 e. The number of ether oxygens (including phenoxy) is 2. The van der Waals surface area contributed by atoms with Crippen LogP contribution in [0.2, 0.25) is 0 Å². The Hall–Kier alpha value is -5.26. The number of hydrogen-bond donors (Lipinski definition) is 0. The number of nitriles is 2. The fraction of sp³-hybridized carbons (Fsp3) is 0.0909. The molecule has 2 aliphatic heterocycles. The van der Waals surface area contributed by atoms with Gasteiger partial charge in [-0.25, -0.2) is 0 Å². The van der Waals surface area contributed by atoms with Crippen molar-refractivity contribution in [3.05, 3.63) is 137 Å². The Bertz CT molecular complexity index is 1640. The lowest BCUT2D eigenvalue weighted by atomic mass is 10.0. The zero-order valence-electron chi connectivity index (χ0n) is 21.4. The van der Waals surface area contributed by atoms with Gasteiger partial charge in [0.15, 0.2) is 0 Å². The third-order valence-electron chi connectivity index (χ3n) is 6.24. The molecule has 3 aromatic carbocycles. The van der Waals surface area contributed by atoms with Crippen LogP contribution in [0.15, 0.2) is 126 Å². The molecule has 0 saturated carbocycles. The van der Waals surface area contributed by atoms with Crippen molar-refractivity contribution in [3.63, 3.8) is 0 Å². The molecule has 2 heterocycles. The highest BCUT2D eigenvalue weighted by atomic mass is 16.5. The summed E-state index contributed by atoms with van der Waals surface area (Å²) in [5.41, 5.74) is 6.87. The van der Waals surface area contributed by atoms with Crippen LogP contribution in [0.1, 0.15) is 25.0 Å². The van der Waals surface area contributed by atoms with E-state index in [1.165, 1.54) is 5.56 Å². The van der Waals surface area contributed by atoms with Crippen molar-refractivity contribution >= 4 is 22.6 Å². The van der Waals surface area contributed by atoms with Crippen molar-refractivity contribution in [1.82, 2.24) is 0 Å². The van der Waals surface area contributed by atoms with Crippen molar-refractivity contribution in [2.45, 2.75) is 20.8 Å². The molecule has 5 heteroatoms.